The Morgan fingerprint density at radius 2 is 1.14 bits per heavy atom. The fourth-order valence-electron chi connectivity index (χ4n) is 2.14. The van der Waals surface area contributed by atoms with Crippen LogP contribution in [0.5, 0.6) is 0 Å². The molecule has 3 rings (SSSR count). The summed E-state index contributed by atoms with van der Waals surface area (Å²) >= 11 is 0. The first-order chi connectivity index (χ1) is 13.7. The first kappa shape index (κ1) is 18.6. The Labute approximate surface area is 161 Å². The molecule has 0 saturated carbocycles. The molecule has 2 amide bonds. The van der Waals surface area contributed by atoms with Crippen molar-refractivity contribution in [2.24, 2.45) is 10.2 Å². The molecule has 0 aliphatic rings. The summed E-state index contributed by atoms with van der Waals surface area (Å²) in [5, 5.41) is 7.75. The topological polar surface area (TPSA) is 109 Å². The number of amides is 2. The Morgan fingerprint density at radius 1 is 0.714 bits per heavy atom. The molecular formula is C20H16N6O2. The molecule has 0 bridgehead atoms. The molecular weight excluding hydrogens is 356 g/mol. The van der Waals surface area contributed by atoms with E-state index in [0.29, 0.717) is 11.1 Å². The second-order valence-corrected chi connectivity index (χ2v) is 5.55. The highest BCUT2D eigenvalue weighted by molar-refractivity contribution is 5.98. The van der Waals surface area contributed by atoms with E-state index in [-0.39, 0.29) is 11.8 Å². The highest BCUT2D eigenvalue weighted by Gasteiger charge is 2.07. The van der Waals surface area contributed by atoms with E-state index in [1.807, 2.05) is 12.1 Å². The van der Waals surface area contributed by atoms with Crippen molar-refractivity contribution in [3.63, 3.8) is 0 Å². The standard InChI is InChI=1S/C20H16N6O2/c27-19(25-23-13-15-3-1-9-21-11-15)17-5-7-18(8-6-17)20(28)26-24-14-16-4-2-10-22-12-16/h1-14H,(H,25,27)(H,26,28). The van der Waals surface area contributed by atoms with E-state index < -0.39 is 0 Å². The number of pyridine rings is 2. The van der Waals surface area contributed by atoms with Gasteiger partial charge in [0.25, 0.3) is 11.8 Å². The number of carbonyl (C=O) groups excluding carboxylic acids is 2. The predicted molar refractivity (Wildman–Crippen MR) is 105 cm³/mol. The van der Waals surface area contributed by atoms with E-state index in [4.69, 9.17) is 0 Å². The van der Waals surface area contributed by atoms with Crippen molar-refractivity contribution in [3.8, 4) is 0 Å². The lowest BCUT2D eigenvalue weighted by atomic mass is 10.1. The Morgan fingerprint density at radius 3 is 1.50 bits per heavy atom. The minimum atomic E-state index is -0.387. The zero-order valence-electron chi connectivity index (χ0n) is 14.7. The van der Waals surface area contributed by atoms with Gasteiger partial charge < -0.3 is 0 Å². The van der Waals surface area contributed by atoms with Crippen LogP contribution in [-0.4, -0.2) is 34.2 Å². The minimum Gasteiger partial charge on any atom is -0.267 e. The number of hydrogen-bond acceptors (Lipinski definition) is 6. The number of nitrogens with one attached hydrogen (secondary N) is 2. The summed E-state index contributed by atoms with van der Waals surface area (Å²) in [6, 6.07) is 13.3. The van der Waals surface area contributed by atoms with Gasteiger partial charge in [-0.3, -0.25) is 19.6 Å². The van der Waals surface area contributed by atoms with E-state index in [1.54, 1.807) is 36.9 Å². The largest absolute Gasteiger partial charge is 0.271 e. The fourth-order valence-corrected chi connectivity index (χ4v) is 2.14. The SMILES string of the molecule is O=C(NN=Cc1cccnc1)c1ccc(C(=O)NN=Cc2cccnc2)cc1. The molecule has 1 aromatic carbocycles. The first-order valence-electron chi connectivity index (χ1n) is 8.29. The zero-order valence-corrected chi connectivity index (χ0v) is 14.7. The van der Waals surface area contributed by atoms with Crippen LogP contribution in [0.1, 0.15) is 31.8 Å². The molecule has 2 N–H and O–H groups in total. The lowest BCUT2D eigenvalue weighted by molar-refractivity contribution is 0.0943. The van der Waals surface area contributed by atoms with E-state index in [2.05, 4.69) is 31.0 Å². The number of aromatic nitrogens is 2. The zero-order chi connectivity index (χ0) is 19.6. The molecule has 0 aliphatic carbocycles. The summed E-state index contributed by atoms with van der Waals surface area (Å²) in [7, 11) is 0. The predicted octanol–water partition coefficient (Wildman–Crippen LogP) is 2.00. The quantitative estimate of drug-likeness (QED) is 0.509. The lowest BCUT2D eigenvalue weighted by Crippen LogP contribution is -2.19. The van der Waals surface area contributed by atoms with Crippen LogP contribution >= 0.6 is 0 Å². The van der Waals surface area contributed by atoms with Gasteiger partial charge in [0.05, 0.1) is 12.4 Å². The third kappa shape index (κ3) is 5.40. The summed E-state index contributed by atoms with van der Waals surface area (Å²) in [6.07, 6.45) is 9.54. The van der Waals surface area contributed by atoms with Gasteiger partial charge in [-0.2, -0.15) is 10.2 Å². The number of hydrogen-bond donors (Lipinski definition) is 2. The highest BCUT2D eigenvalue weighted by Crippen LogP contribution is 2.05. The van der Waals surface area contributed by atoms with E-state index >= 15 is 0 Å². The van der Waals surface area contributed by atoms with Crippen LogP contribution in [0.15, 0.2) is 83.5 Å². The van der Waals surface area contributed by atoms with Gasteiger partial charge in [-0.25, -0.2) is 10.9 Å². The molecule has 0 spiro atoms. The number of benzene rings is 1. The van der Waals surface area contributed by atoms with Gasteiger partial charge in [0.2, 0.25) is 0 Å². The second kappa shape index (κ2) is 9.48. The van der Waals surface area contributed by atoms with Crippen LogP contribution in [0.3, 0.4) is 0 Å². The molecule has 0 radical (unpaired) electrons. The van der Waals surface area contributed by atoms with Gasteiger partial charge in [0, 0.05) is 47.0 Å². The van der Waals surface area contributed by atoms with Crippen LogP contribution in [0.25, 0.3) is 0 Å². The summed E-state index contributed by atoms with van der Waals surface area (Å²) in [4.78, 5) is 32.0. The maximum absolute atomic E-state index is 12.1. The number of carbonyl (C=O) groups is 2. The molecule has 0 saturated heterocycles. The molecule has 0 unspecified atom stereocenters. The van der Waals surface area contributed by atoms with Crippen molar-refractivity contribution in [3.05, 3.63) is 95.6 Å². The van der Waals surface area contributed by atoms with Gasteiger partial charge in [-0.15, -0.1) is 0 Å². The van der Waals surface area contributed by atoms with Crippen molar-refractivity contribution >= 4 is 24.2 Å². The molecule has 8 heteroatoms. The molecule has 28 heavy (non-hydrogen) atoms. The Bertz CT molecular complexity index is 904. The van der Waals surface area contributed by atoms with Crippen molar-refractivity contribution in [1.29, 1.82) is 0 Å². The van der Waals surface area contributed by atoms with Crippen LogP contribution in [-0.2, 0) is 0 Å². The monoisotopic (exact) mass is 372 g/mol. The van der Waals surface area contributed by atoms with E-state index in [0.717, 1.165) is 11.1 Å². The third-order valence-corrected chi connectivity index (χ3v) is 3.54. The van der Waals surface area contributed by atoms with Crippen LogP contribution in [0.2, 0.25) is 0 Å². The number of hydrazone groups is 2. The van der Waals surface area contributed by atoms with Crippen molar-refractivity contribution in [2.45, 2.75) is 0 Å². The molecule has 2 heterocycles. The maximum atomic E-state index is 12.1. The van der Waals surface area contributed by atoms with Crippen LogP contribution < -0.4 is 10.9 Å². The van der Waals surface area contributed by atoms with Gasteiger partial charge in [0.15, 0.2) is 0 Å². The molecule has 0 fully saturated rings. The maximum Gasteiger partial charge on any atom is 0.271 e. The number of rotatable bonds is 6. The molecule has 3 aromatic rings. The summed E-state index contributed by atoms with van der Waals surface area (Å²) < 4.78 is 0. The molecule has 138 valence electrons. The summed E-state index contributed by atoms with van der Waals surface area (Å²) in [5.74, 6) is -0.775. The van der Waals surface area contributed by atoms with Crippen molar-refractivity contribution < 1.29 is 9.59 Å². The second-order valence-electron chi connectivity index (χ2n) is 5.55. The van der Waals surface area contributed by atoms with Crippen molar-refractivity contribution in [2.75, 3.05) is 0 Å². The smallest absolute Gasteiger partial charge is 0.267 e. The lowest BCUT2D eigenvalue weighted by Gasteiger charge is -2.02. The summed E-state index contributed by atoms with van der Waals surface area (Å²) in [6.45, 7) is 0. The van der Waals surface area contributed by atoms with Gasteiger partial charge in [-0.05, 0) is 36.4 Å². The first-order valence-corrected chi connectivity index (χ1v) is 8.29. The van der Waals surface area contributed by atoms with Gasteiger partial charge in [-0.1, -0.05) is 12.1 Å². The minimum absolute atomic E-state index is 0.374. The van der Waals surface area contributed by atoms with Crippen LogP contribution in [0, 0.1) is 0 Å². The molecule has 0 aliphatic heterocycles. The normalized spacial score (nSPS) is 10.9. The summed E-state index contributed by atoms with van der Waals surface area (Å²) in [5.41, 5.74) is 7.12. The van der Waals surface area contributed by atoms with Crippen molar-refractivity contribution in [1.82, 2.24) is 20.8 Å². The van der Waals surface area contributed by atoms with Gasteiger partial charge in [0.1, 0.15) is 0 Å². The van der Waals surface area contributed by atoms with Crippen LogP contribution in [0.4, 0.5) is 0 Å². The highest BCUT2D eigenvalue weighted by atomic mass is 16.2. The van der Waals surface area contributed by atoms with Gasteiger partial charge >= 0.3 is 0 Å². The Balaban J connectivity index is 1.53. The Kier molecular flexibility index (Phi) is 6.30. The molecule has 2 aromatic heterocycles. The number of nitrogens with zero attached hydrogens (tertiary/aromatic N) is 4. The van der Waals surface area contributed by atoms with E-state index in [1.165, 1.54) is 36.7 Å². The third-order valence-electron chi connectivity index (χ3n) is 3.54. The molecule has 8 nitrogen and oxygen atoms in total. The average molecular weight is 372 g/mol. The average Bonchev–Trinajstić information content (AvgIpc) is 2.75. The fraction of sp³-hybridized carbons (Fsp3) is 0. The molecule has 0 atom stereocenters. The Hall–Kier alpha value is -4.20. The van der Waals surface area contributed by atoms with E-state index in [9.17, 15) is 9.59 Å².